The summed E-state index contributed by atoms with van der Waals surface area (Å²) in [6, 6.07) is -3.51. The van der Waals surface area contributed by atoms with E-state index in [0.29, 0.717) is 25.8 Å². The van der Waals surface area contributed by atoms with Crippen LogP contribution in [0.3, 0.4) is 0 Å². The lowest BCUT2D eigenvalue weighted by molar-refractivity contribution is -0.143. The first kappa shape index (κ1) is 27.3. The van der Waals surface area contributed by atoms with Gasteiger partial charge in [0.1, 0.15) is 18.1 Å². The molecule has 3 unspecified atom stereocenters. The van der Waals surface area contributed by atoms with Crippen LogP contribution in [0.15, 0.2) is 0 Å². The standard InChI is InChI=1S/C18H34N6O6/c1-10(2)7-12(22-15(26)9-20)17(28)23-11(5-3-4-6-19)16(27)24-13(18(29)30)8-14(21)25/h10-13H,3-9,19-20H2,1-2H3,(H2,21,25)(H,22,26)(H,23,28)(H,24,27)(H,29,30). The normalized spacial score (nSPS) is 13.8. The van der Waals surface area contributed by atoms with E-state index in [9.17, 15) is 29.1 Å². The van der Waals surface area contributed by atoms with Crippen LogP contribution in [0.5, 0.6) is 0 Å². The predicted molar refractivity (Wildman–Crippen MR) is 109 cm³/mol. The smallest absolute Gasteiger partial charge is 0.326 e. The van der Waals surface area contributed by atoms with Crippen LogP contribution in [0.4, 0.5) is 0 Å². The first-order valence-electron chi connectivity index (χ1n) is 9.83. The number of carbonyl (C=O) groups excluding carboxylic acids is 4. The largest absolute Gasteiger partial charge is 0.480 e. The zero-order valence-corrected chi connectivity index (χ0v) is 17.5. The molecule has 0 rings (SSSR count). The molecule has 0 aromatic rings. The molecule has 0 fully saturated rings. The molecule has 0 spiro atoms. The lowest BCUT2D eigenvalue weighted by Gasteiger charge is -2.25. The maximum Gasteiger partial charge on any atom is 0.326 e. The summed E-state index contributed by atoms with van der Waals surface area (Å²) in [5.74, 6) is -4.15. The zero-order chi connectivity index (χ0) is 23.3. The van der Waals surface area contributed by atoms with E-state index in [-0.39, 0.29) is 18.9 Å². The van der Waals surface area contributed by atoms with Crippen molar-refractivity contribution < 1.29 is 29.1 Å². The van der Waals surface area contributed by atoms with Crippen molar-refractivity contribution in [3.63, 3.8) is 0 Å². The molecule has 0 aromatic heterocycles. The summed E-state index contributed by atoms with van der Waals surface area (Å²) in [4.78, 5) is 59.3. The number of amides is 4. The Hall–Kier alpha value is -2.73. The van der Waals surface area contributed by atoms with Crippen LogP contribution in [-0.2, 0) is 24.0 Å². The fourth-order valence-electron chi connectivity index (χ4n) is 2.66. The molecule has 30 heavy (non-hydrogen) atoms. The lowest BCUT2D eigenvalue weighted by atomic mass is 10.0. The number of rotatable bonds is 15. The highest BCUT2D eigenvalue weighted by molar-refractivity contribution is 5.94. The van der Waals surface area contributed by atoms with Crippen LogP contribution in [0.25, 0.3) is 0 Å². The van der Waals surface area contributed by atoms with Crippen molar-refractivity contribution in [3.05, 3.63) is 0 Å². The molecule has 10 N–H and O–H groups in total. The van der Waals surface area contributed by atoms with Crippen molar-refractivity contribution in [2.24, 2.45) is 23.1 Å². The van der Waals surface area contributed by atoms with E-state index >= 15 is 0 Å². The maximum absolute atomic E-state index is 12.7. The number of carboxylic acids is 1. The van der Waals surface area contributed by atoms with Gasteiger partial charge in [-0.3, -0.25) is 19.2 Å². The van der Waals surface area contributed by atoms with Crippen LogP contribution in [-0.4, -0.2) is 65.9 Å². The van der Waals surface area contributed by atoms with Gasteiger partial charge in [0, 0.05) is 0 Å². The zero-order valence-electron chi connectivity index (χ0n) is 17.5. The van der Waals surface area contributed by atoms with Crippen LogP contribution in [0.2, 0.25) is 0 Å². The average Bonchev–Trinajstić information content (AvgIpc) is 2.65. The monoisotopic (exact) mass is 430 g/mol. The molecule has 0 bridgehead atoms. The Kier molecular flexibility index (Phi) is 13.0. The Balaban J connectivity index is 5.37. The molecule has 0 aromatic carbocycles. The number of primary amides is 1. The van der Waals surface area contributed by atoms with Crippen molar-refractivity contribution in [1.29, 1.82) is 0 Å². The molecule has 4 amide bonds. The third-order valence-corrected chi connectivity index (χ3v) is 4.14. The van der Waals surface area contributed by atoms with E-state index in [2.05, 4.69) is 16.0 Å². The van der Waals surface area contributed by atoms with E-state index in [1.165, 1.54) is 0 Å². The topological polar surface area (TPSA) is 220 Å². The third-order valence-electron chi connectivity index (χ3n) is 4.14. The highest BCUT2D eigenvalue weighted by Crippen LogP contribution is 2.08. The number of hydrogen-bond donors (Lipinski definition) is 7. The number of carbonyl (C=O) groups is 5. The fourth-order valence-corrected chi connectivity index (χ4v) is 2.66. The molecule has 12 heteroatoms. The van der Waals surface area contributed by atoms with E-state index in [0.717, 1.165) is 0 Å². The van der Waals surface area contributed by atoms with Crippen molar-refractivity contribution in [2.45, 2.75) is 64.1 Å². The summed E-state index contributed by atoms with van der Waals surface area (Å²) in [7, 11) is 0. The second kappa shape index (κ2) is 14.3. The Bertz CT molecular complexity index is 612. The quantitative estimate of drug-likeness (QED) is 0.138. The van der Waals surface area contributed by atoms with Crippen molar-refractivity contribution in [1.82, 2.24) is 16.0 Å². The first-order valence-corrected chi connectivity index (χ1v) is 9.83. The van der Waals surface area contributed by atoms with E-state index in [1.54, 1.807) is 0 Å². The molecule has 0 aliphatic heterocycles. The van der Waals surface area contributed by atoms with Gasteiger partial charge in [0.2, 0.25) is 23.6 Å². The number of unbranched alkanes of at least 4 members (excludes halogenated alkanes) is 1. The van der Waals surface area contributed by atoms with Gasteiger partial charge in [0.05, 0.1) is 13.0 Å². The third kappa shape index (κ3) is 11.3. The first-order chi connectivity index (χ1) is 14.0. The molecule has 0 aliphatic rings. The van der Waals surface area contributed by atoms with Gasteiger partial charge in [-0.15, -0.1) is 0 Å². The van der Waals surface area contributed by atoms with Gasteiger partial charge >= 0.3 is 5.97 Å². The van der Waals surface area contributed by atoms with Gasteiger partial charge in [-0.1, -0.05) is 13.8 Å². The summed E-state index contributed by atoms with van der Waals surface area (Å²) in [6.45, 7) is 3.81. The molecule has 0 heterocycles. The Morgan fingerprint density at radius 3 is 1.90 bits per heavy atom. The lowest BCUT2D eigenvalue weighted by Crippen LogP contribution is -2.56. The van der Waals surface area contributed by atoms with Crippen LogP contribution in [0.1, 0.15) is 46.0 Å². The van der Waals surface area contributed by atoms with E-state index in [1.807, 2.05) is 13.8 Å². The number of carboxylic acid groups (broad SMARTS) is 1. The summed E-state index contributed by atoms with van der Waals surface area (Å²) in [5, 5.41) is 16.5. The predicted octanol–water partition coefficient (Wildman–Crippen LogP) is -2.47. The van der Waals surface area contributed by atoms with Gasteiger partial charge in [-0.2, -0.15) is 0 Å². The second-order valence-corrected chi connectivity index (χ2v) is 7.37. The summed E-state index contributed by atoms with van der Waals surface area (Å²) in [6.07, 6.45) is 0.993. The summed E-state index contributed by atoms with van der Waals surface area (Å²) < 4.78 is 0. The van der Waals surface area contributed by atoms with Crippen molar-refractivity contribution >= 4 is 29.6 Å². The van der Waals surface area contributed by atoms with E-state index < -0.39 is 54.1 Å². The second-order valence-electron chi connectivity index (χ2n) is 7.37. The minimum absolute atomic E-state index is 0.0651. The Morgan fingerprint density at radius 1 is 0.867 bits per heavy atom. The van der Waals surface area contributed by atoms with Crippen molar-refractivity contribution in [2.75, 3.05) is 13.1 Å². The molecule has 0 saturated heterocycles. The molecular formula is C18H34N6O6. The van der Waals surface area contributed by atoms with Crippen LogP contribution >= 0.6 is 0 Å². The number of aliphatic carboxylic acids is 1. The number of nitrogens with two attached hydrogens (primary N) is 3. The molecule has 0 saturated carbocycles. The highest BCUT2D eigenvalue weighted by Gasteiger charge is 2.30. The number of hydrogen-bond acceptors (Lipinski definition) is 7. The molecule has 3 atom stereocenters. The van der Waals surface area contributed by atoms with Crippen molar-refractivity contribution in [3.8, 4) is 0 Å². The minimum atomic E-state index is -1.52. The summed E-state index contributed by atoms with van der Waals surface area (Å²) in [5.41, 5.74) is 15.8. The van der Waals surface area contributed by atoms with Gasteiger partial charge in [-0.05, 0) is 38.1 Å². The molecular weight excluding hydrogens is 396 g/mol. The maximum atomic E-state index is 12.7. The van der Waals surface area contributed by atoms with Gasteiger partial charge < -0.3 is 38.3 Å². The Labute approximate surface area is 175 Å². The minimum Gasteiger partial charge on any atom is -0.480 e. The fraction of sp³-hybridized carbons (Fsp3) is 0.722. The number of nitrogens with one attached hydrogen (secondary N) is 3. The van der Waals surface area contributed by atoms with Gasteiger partial charge in [0.15, 0.2) is 0 Å². The molecule has 0 aliphatic carbocycles. The average molecular weight is 431 g/mol. The molecule has 172 valence electrons. The highest BCUT2D eigenvalue weighted by atomic mass is 16.4. The SMILES string of the molecule is CC(C)CC(NC(=O)CN)C(=O)NC(CCCCN)C(=O)NC(CC(N)=O)C(=O)O. The van der Waals surface area contributed by atoms with Crippen LogP contribution < -0.4 is 33.2 Å². The van der Waals surface area contributed by atoms with Gasteiger partial charge in [0.25, 0.3) is 0 Å². The molecule has 0 radical (unpaired) electrons. The Morgan fingerprint density at radius 2 is 1.43 bits per heavy atom. The van der Waals surface area contributed by atoms with E-state index in [4.69, 9.17) is 17.2 Å². The van der Waals surface area contributed by atoms with Crippen LogP contribution in [0, 0.1) is 5.92 Å². The summed E-state index contributed by atoms with van der Waals surface area (Å²) >= 11 is 0. The molecule has 12 nitrogen and oxygen atoms in total. The van der Waals surface area contributed by atoms with Gasteiger partial charge in [-0.25, -0.2) is 4.79 Å².